The lowest BCUT2D eigenvalue weighted by Gasteiger charge is -2.12. The van der Waals surface area contributed by atoms with E-state index in [1.165, 1.54) is 6.20 Å². The summed E-state index contributed by atoms with van der Waals surface area (Å²) in [5.41, 5.74) is 3.73. The molecule has 8 nitrogen and oxygen atoms in total. The highest BCUT2D eigenvalue weighted by molar-refractivity contribution is 7.09. The van der Waals surface area contributed by atoms with Crippen molar-refractivity contribution >= 4 is 40.0 Å². The number of carbonyl (C=O) groups excluding carboxylic acids is 1. The van der Waals surface area contributed by atoms with Crippen LogP contribution in [0.5, 0.6) is 11.5 Å². The number of rotatable bonds is 8. The van der Waals surface area contributed by atoms with Crippen LogP contribution in [0.4, 0.5) is 21.9 Å². The SMILES string of the molecule is Cc1c(NC(=O)OCCc2cccs2)cn2ncc(C#N)c(Nc3ccc(Oc4ccccc4)cc3)c12. The Morgan fingerprint density at radius 1 is 1.08 bits per heavy atom. The normalized spacial score (nSPS) is 10.6. The second kappa shape index (κ2) is 10.8. The Labute approximate surface area is 217 Å². The van der Waals surface area contributed by atoms with E-state index >= 15 is 0 Å². The molecule has 3 aromatic heterocycles. The van der Waals surface area contributed by atoms with E-state index < -0.39 is 6.09 Å². The fourth-order valence-corrected chi connectivity index (χ4v) is 4.54. The molecule has 0 unspecified atom stereocenters. The number of aryl methyl sites for hydroxylation is 1. The minimum atomic E-state index is -0.542. The molecule has 0 aliphatic heterocycles. The highest BCUT2D eigenvalue weighted by Crippen LogP contribution is 2.33. The number of ether oxygens (including phenoxy) is 2. The summed E-state index contributed by atoms with van der Waals surface area (Å²) in [6.45, 7) is 2.15. The van der Waals surface area contributed by atoms with Gasteiger partial charge in [-0.25, -0.2) is 9.31 Å². The topological polar surface area (TPSA) is 101 Å². The Kier molecular flexibility index (Phi) is 7.01. The maximum Gasteiger partial charge on any atom is 0.411 e. The quantitative estimate of drug-likeness (QED) is 0.236. The molecule has 0 saturated carbocycles. The van der Waals surface area contributed by atoms with Crippen LogP contribution in [0.2, 0.25) is 0 Å². The van der Waals surface area contributed by atoms with Gasteiger partial charge in [0, 0.05) is 22.5 Å². The van der Waals surface area contributed by atoms with E-state index in [1.54, 1.807) is 22.0 Å². The van der Waals surface area contributed by atoms with Crippen LogP contribution in [-0.4, -0.2) is 22.3 Å². The van der Waals surface area contributed by atoms with Crippen LogP contribution in [0.1, 0.15) is 16.0 Å². The number of benzene rings is 2. The van der Waals surface area contributed by atoms with Crippen LogP contribution in [0.25, 0.3) is 5.52 Å². The molecule has 0 atom stereocenters. The molecule has 0 saturated heterocycles. The van der Waals surface area contributed by atoms with Crippen molar-refractivity contribution in [3.05, 3.63) is 101 Å². The molecule has 0 spiro atoms. The van der Waals surface area contributed by atoms with Crippen molar-refractivity contribution in [1.29, 1.82) is 5.26 Å². The van der Waals surface area contributed by atoms with Crippen LogP contribution in [0.15, 0.2) is 84.5 Å². The van der Waals surface area contributed by atoms with Gasteiger partial charge >= 0.3 is 6.09 Å². The summed E-state index contributed by atoms with van der Waals surface area (Å²) < 4.78 is 12.8. The van der Waals surface area contributed by atoms with Gasteiger partial charge in [-0.3, -0.25) is 5.32 Å². The highest BCUT2D eigenvalue weighted by atomic mass is 32.1. The lowest BCUT2D eigenvalue weighted by molar-refractivity contribution is 0.163. The predicted molar refractivity (Wildman–Crippen MR) is 144 cm³/mol. The van der Waals surface area contributed by atoms with Crippen LogP contribution in [0, 0.1) is 18.3 Å². The lowest BCUT2D eigenvalue weighted by atomic mass is 10.1. The van der Waals surface area contributed by atoms with Gasteiger partial charge in [0.2, 0.25) is 0 Å². The molecule has 37 heavy (non-hydrogen) atoms. The van der Waals surface area contributed by atoms with Gasteiger partial charge in [-0.2, -0.15) is 10.4 Å². The Morgan fingerprint density at radius 3 is 2.59 bits per heavy atom. The molecule has 9 heteroatoms. The second-order valence-corrected chi connectivity index (χ2v) is 9.19. The molecule has 3 heterocycles. The number of para-hydroxylation sites is 1. The van der Waals surface area contributed by atoms with Crippen molar-refractivity contribution in [2.75, 3.05) is 17.2 Å². The van der Waals surface area contributed by atoms with Crippen molar-refractivity contribution in [2.24, 2.45) is 0 Å². The summed E-state index contributed by atoms with van der Waals surface area (Å²) in [5, 5.41) is 22.2. The molecule has 5 rings (SSSR count). The van der Waals surface area contributed by atoms with Crippen LogP contribution < -0.4 is 15.4 Å². The zero-order chi connectivity index (χ0) is 25.6. The number of nitriles is 1. The fraction of sp³-hybridized carbons (Fsp3) is 0.107. The third-order valence-electron chi connectivity index (χ3n) is 5.68. The number of nitrogens with zero attached hydrogens (tertiary/aromatic N) is 3. The monoisotopic (exact) mass is 509 g/mol. The molecule has 0 bridgehead atoms. The summed E-state index contributed by atoms with van der Waals surface area (Å²) in [6, 6.07) is 23.2. The number of fused-ring (bicyclic) bond motifs is 1. The molecule has 184 valence electrons. The van der Waals surface area contributed by atoms with E-state index in [-0.39, 0.29) is 6.61 Å². The number of hydrogen-bond donors (Lipinski definition) is 2. The third kappa shape index (κ3) is 5.55. The molecule has 1 amide bonds. The largest absolute Gasteiger partial charge is 0.457 e. The molecule has 0 aliphatic carbocycles. The average Bonchev–Trinajstić information content (AvgIpc) is 3.54. The van der Waals surface area contributed by atoms with Gasteiger partial charge in [0.15, 0.2) is 0 Å². The van der Waals surface area contributed by atoms with Gasteiger partial charge in [-0.1, -0.05) is 24.3 Å². The standard InChI is InChI=1S/C28H23N5O3S/c1-19-25(32-28(34)35-14-13-24-8-5-15-37-24)18-33-27(19)26(20(16-29)17-30-33)31-21-9-11-23(12-10-21)36-22-6-3-2-4-7-22/h2-12,15,17-18,31H,13-14H2,1H3,(H,32,34). The zero-order valence-electron chi connectivity index (χ0n) is 20.0. The lowest BCUT2D eigenvalue weighted by Crippen LogP contribution is -2.15. The van der Waals surface area contributed by atoms with E-state index in [1.807, 2.05) is 79.0 Å². The molecule has 0 radical (unpaired) electrons. The minimum absolute atomic E-state index is 0.284. The van der Waals surface area contributed by atoms with Crippen molar-refractivity contribution in [3.63, 3.8) is 0 Å². The van der Waals surface area contributed by atoms with Gasteiger partial charge < -0.3 is 14.8 Å². The average molecular weight is 510 g/mol. The second-order valence-electron chi connectivity index (χ2n) is 8.16. The number of aromatic nitrogens is 2. The maximum absolute atomic E-state index is 12.4. The first kappa shape index (κ1) is 23.9. The first-order valence-corrected chi connectivity index (χ1v) is 12.5. The first-order chi connectivity index (χ1) is 18.1. The van der Waals surface area contributed by atoms with Crippen LogP contribution in [0.3, 0.4) is 0 Å². The molecular weight excluding hydrogens is 486 g/mol. The Balaban J connectivity index is 1.33. The molecule has 0 aliphatic rings. The van der Waals surface area contributed by atoms with E-state index in [2.05, 4.69) is 21.8 Å². The molecule has 2 aromatic carbocycles. The van der Waals surface area contributed by atoms with Crippen molar-refractivity contribution < 1.29 is 14.3 Å². The van der Waals surface area contributed by atoms with Crippen molar-refractivity contribution in [2.45, 2.75) is 13.3 Å². The molecule has 0 fully saturated rings. The number of carbonyl (C=O) groups is 1. The summed E-state index contributed by atoms with van der Waals surface area (Å²) in [5.74, 6) is 1.44. The van der Waals surface area contributed by atoms with Crippen LogP contribution >= 0.6 is 11.3 Å². The molecular formula is C28H23N5O3S. The maximum atomic E-state index is 12.4. The van der Waals surface area contributed by atoms with Crippen LogP contribution in [-0.2, 0) is 11.2 Å². The van der Waals surface area contributed by atoms with Gasteiger partial charge in [-0.15, -0.1) is 11.3 Å². The third-order valence-corrected chi connectivity index (χ3v) is 6.61. The Bertz CT molecular complexity index is 1560. The smallest absolute Gasteiger partial charge is 0.411 e. The predicted octanol–water partition coefficient (Wildman–Crippen LogP) is 6.90. The van der Waals surface area contributed by atoms with E-state index in [4.69, 9.17) is 9.47 Å². The fourth-order valence-electron chi connectivity index (χ4n) is 3.85. The van der Waals surface area contributed by atoms with E-state index in [0.29, 0.717) is 34.6 Å². The number of anilines is 3. The Hall–Kier alpha value is -4.81. The number of thiophene rings is 1. The van der Waals surface area contributed by atoms with Crippen molar-refractivity contribution in [1.82, 2.24) is 9.61 Å². The van der Waals surface area contributed by atoms with Gasteiger partial charge in [0.1, 0.15) is 17.6 Å². The summed E-state index contributed by atoms with van der Waals surface area (Å²) >= 11 is 1.63. The highest BCUT2D eigenvalue weighted by Gasteiger charge is 2.18. The van der Waals surface area contributed by atoms with Gasteiger partial charge in [0.05, 0.1) is 41.5 Å². The molecule has 2 N–H and O–H groups in total. The summed E-state index contributed by atoms with van der Waals surface area (Å²) in [6.07, 6.45) is 3.32. The number of nitrogens with one attached hydrogen (secondary N) is 2. The van der Waals surface area contributed by atoms with E-state index in [9.17, 15) is 10.1 Å². The Morgan fingerprint density at radius 2 is 1.86 bits per heavy atom. The van der Waals surface area contributed by atoms with E-state index in [0.717, 1.165) is 21.9 Å². The minimum Gasteiger partial charge on any atom is -0.457 e. The number of amides is 1. The zero-order valence-corrected chi connectivity index (χ0v) is 20.8. The van der Waals surface area contributed by atoms with Crippen molar-refractivity contribution in [3.8, 4) is 17.6 Å². The summed E-state index contributed by atoms with van der Waals surface area (Å²) in [4.78, 5) is 13.5. The molecule has 5 aromatic rings. The van der Waals surface area contributed by atoms with Gasteiger partial charge in [-0.05, 0) is 54.8 Å². The summed E-state index contributed by atoms with van der Waals surface area (Å²) in [7, 11) is 0. The number of hydrogen-bond acceptors (Lipinski definition) is 7. The first-order valence-electron chi connectivity index (χ1n) is 11.6. The van der Waals surface area contributed by atoms with Gasteiger partial charge in [0.25, 0.3) is 0 Å².